The zero-order valence-electron chi connectivity index (χ0n) is 18.2. The van der Waals surface area contributed by atoms with E-state index in [2.05, 4.69) is 39.2 Å². The van der Waals surface area contributed by atoms with Gasteiger partial charge in [-0.3, -0.25) is 9.79 Å². The zero-order valence-corrected chi connectivity index (χ0v) is 19.0. The van der Waals surface area contributed by atoms with Crippen LogP contribution in [0.25, 0.3) is 11.1 Å². The van der Waals surface area contributed by atoms with Crippen LogP contribution in [0.4, 0.5) is 0 Å². The van der Waals surface area contributed by atoms with E-state index in [9.17, 15) is 4.79 Å². The second-order valence-electron chi connectivity index (χ2n) is 7.34. The third-order valence-corrected chi connectivity index (χ3v) is 5.09. The van der Waals surface area contributed by atoms with Gasteiger partial charge in [0.05, 0.1) is 6.20 Å². The van der Waals surface area contributed by atoms with Crippen molar-refractivity contribution in [2.45, 2.75) is 19.3 Å². The molecule has 0 fully saturated rings. The second kappa shape index (κ2) is 11.9. The molecule has 0 bridgehead atoms. The standard InChI is InChI=1S/C24H27ClN6O2/c25-20-15-30-21(22(31-20)24(28)32)23(27)29-13-2-1-3-16-4-6-17(7-5-16)18-8-10-19(11-9-18)33-14-12-26/h4-11,15H,1-3,12-14,26H2,(H2,27,29)(H2,28,32). The van der Waals surface area contributed by atoms with Crippen LogP contribution < -0.4 is 21.9 Å². The molecule has 1 aromatic heterocycles. The molecule has 3 rings (SSSR count). The molecule has 6 N–H and O–H groups in total. The lowest BCUT2D eigenvalue weighted by molar-refractivity contribution is 0.0995. The number of unbranched alkanes of at least 4 members (excludes halogenated alkanes) is 1. The van der Waals surface area contributed by atoms with Gasteiger partial charge in [0, 0.05) is 13.1 Å². The third-order valence-electron chi connectivity index (χ3n) is 4.90. The molecule has 8 nitrogen and oxygen atoms in total. The highest BCUT2D eigenvalue weighted by Crippen LogP contribution is 2.23. The summed E-state index contributed by atoms with van der Waals surface area (Å²) in [4.78, 5) is 23.7. The highest BCUT2D eigenvalue weighted by molar-refractivity contribution is 6.29. The first-order valence-corrected chi connectivity index (χ1v) is 11.0. The molecule has 172 valence electrons. The quantitative estimate of drug-likeness (QED) is 0.225. The van der Waals surface area contributed by atoms with E-state index in [4.69, 9.17) is 33.5 Å². The first kappa shape index (κ1) is 24.2. The monoisotopic (exact) mass is 466 g/mol. The number of carbonyl (C=O) groups is 1. The van der Waals surface area contributed by atoms with Crippen molar-refractivity contribution in [2.24, 2.45) is 22.2 Å². The van der Waals surface area contributed by atoms with E-state index in [0.717, 1.165) is 36.1 Å². The van der Waals surface area contributed by atoms with Gasteiger partial charge in [-0.15, -0.1) is 0 Å². The van der Waals surface area contributed by atoms with Crippen molar-refractivity contribution < 1.29 is 9.53 Å². The number of aryl methyl sites for hydroxylation is 1. The average molecular weight is 467 g/mol. The summed E-state index contributed by atoms with van der Waals surface area (Å²) in [6.07, 6.45) is 4.01. The molecule has 3 aromatic rings. The van der Waals surface area contributed by atoms with Crippen LogP contribution in [0.1, 0.15) is 34.6 Å². The van der Waals surface area contributed by atoms with Crippen molar-refractivity contribution in [3.8, 4) is 16.9 Å². The molecule has 2 aromatic carbocycles. The predicted molar refractivity (Wildman–Crippen MR) is 131 cm³/mol. The summed E-state index contributed by atoms with van der Waals surface area (Å²) in [6, 6.07) is 16.5. The maximum Gasteiger partial charge on any atom is 0.269 e. The van der Waals surface area contributed by atoms with Gasteiger partial charge in [0.15, 0.2) is 5.69 Å². The number of amides is 1. The number of hydrogen-bond acceptors (Lipinski definition) is 6. The number of amidine groups is 1. The fourth-order valence-electron chi connectivity index (χ4n) is 3.23. The molecular weight excluding hydrogens is 440 g/mol. The number of aromatic nitrogens is 2. The van der Waals surface area contributed by atoms with Gasteiger partial charge >= 0.3 is 0 Å². The summed E-state index contributed by atoms with van der Waals surface area (Å²) in [5.74, 6) is 0.187. The van der Waals surface area contributed by atoms with Crippen LogP contribution >= 0.6 is 11.6 Å². The Morgan fingerprint density at radius 3 is 2.27 bits per heavy atom. The van der Waals surface area contributed by atoms with Gasteiger partial charge in [0.25, 0.3) is 5.91 Å². The lowest BCUT2D eigenvalue weighted by atomic mass is 10.0. The summed E-state index contributed by atoms with van der Waals surface area (Å²) in [5.41, 5.74) is 20.3. The van der Waals surface area contributed by atoms with E-state index in [1.54, 1.807) is 0 Å². The molecular formula is C24H27ClN6O2. The van der Waals surface area contributed by atoms with Crippen LogP contribution in [0.15, 0.2) is 59.7 Å². The van der Waals surface area contributed by atoms with Crippen LogP contribution in [-0.4, -0.2) is 41.4 Å². The van der Waals surface area contributed by atoms with E-state index in [0.29, 0.717) is 19.7 Å². The molecule has 0 aliphatic heterocycles. The number of benzene rings is 2. The van der Waals surface area contributed by atoms with Crippen molar-refractivity contribution in [2.75, 3.05) is 19.7 Å². The number of rotatable bonds is 11. The summed E-state index contributed by atoms with van der Waals surface area (Å²) in [7, 11) is 0. The van der Waals surface area contributed by atoms with Crippen molar-refractivity contribution >= 4 is 23.3 Å². The Hall–Kier alpha value is -3.49. The summed E-state index contributed by atoms with van der Waals surface area (Å²) in [6.45, 7) is 1.51. The number of carbonyl (C=O) groups excluding carboxylic acids is 1. The van der Waals surface area contributed by atoms with Gasteiger partial charge in [-0.05, 0) is 48.1 Å². The Balaban J connectivity index is 1.49. The summed E-state index contributed by atoms with van der Waals surface area (Å²) < 4.78 is 5.52. The topological polar surface area (TPSA) is 142 Å². The minimum Gasteiger partial charge on any atom is -0.492 e. The van der Waals surface area contributed by atoms with Gasteiger partial charge in [-0.2, -0.15) is 0 Å². The lowest BCUT2D eigenvalue weighted by Gasteiger charge is -2.07. The maximum atomic E-state index is 11.5. The van der Waals surface area contributed by atoms with Crippen LogP contribution in [0.5, 0.6) is 5.75 Å². The largest absolute Gasteiger partial charge is 0.492 e. The number of hydrogen-bond donors (Lipinski definition) is 3. The van der Waals surface area contributed by atoms with E-state index >= 15 is 0 Å². The normalized spacial score (nSPS) is 11.4. The molecule has 0 atom stereocenters. The fraction of sp³-hybridized carbons (Fsp3) is 0.250. The lowest BCUT2D eigenvalue weighted by Crippen LogP contribution is -2.24. The molecule has 0 saturated carbocycles. The number of primary amides is 1. The van der Waals surface area contributed by atoms with Crippen LogP contribution in [0, 0.1) is 0 Å². The Bertz CT molecular complexity index is 1100. The highest BCUT2D eigenvalue weighted by atomic mass is 35.5. The molecule has 0 radical (unpaired) electrons. The smallest absolute Gasteiger partial charge is 0.269 e. The van der Waals surface area contributed by atoms with Gasteiger partial charge in [0.2, 0.25) is 0 Å². The van der Waals surface area contributed by atoms with E-state index in [1.807, 2.05) is 24.3 Å². The number of nitrogens with zero attached hydrogens (tertiary/aromatic N) is 3. The zero-order chi connectivity index (χ0) is 23.6. The number of ether oxygens (including phenoxy) is 1. The molecule has 0 spiro atoms. The number of halogens is 1. The van der Waals surface area contributed by atoms with Crippen LogP contribution in [0.3, 0.4) is 0 Å². The molecule has 33 heavy (non-hydrogen) atoms. The minimum atomic E-state index is -0.752. The first-order valence-electron chi connectivity index (χ1n) is 10.6. The van der Waals surface area contributed by atoms with Crippen molar-refractivity contribution in [3.63, 3.8) is 0 Å². The molecule has 1 heterocycles. The number of nitrogens with two attached hydrogens (primary N) is 3. The van der Waals surface area contributed by atoms with E-state index in [1.165, 1.54) is 11.8 Å². The van der Waals surface area contributed by atoms with Crippen LogP contribution in [-0.2, 0) is 6.42 Å². The Kier molecular flexibility index (Phi) is 8.74. The van der Waals surface area contributed by atoms with Gasteiger partial charge in [0.1, 0.15) is 29.0 Å². The first-order chi connectivity index (χ1) is 16.0. The third kappa shape index (κ3) is 7.00. The van der Waals surface area contributed by atoms with Gasteiger partial charge in [-0.25, -0.2) is 9.97 Å². The molecule has 0 aliphatic carbocycles. The van der Waals surface area contributed by atoms with Gasteiger partial charge < -0.3 is 21.9 Å². The molecule has 9 heteroatoms. The highest BCUT2D eigenvalue weighted by Gasteiger charge is 2.15. The summed E-state index contributed by atoms with van der Waals surface area (Å²) >= 11 is 5.77. The predicted octanol–water partition coefficient (Wildman–Crippen LogP) is 2.96. The van der Waals surface area contributed by atoms with E-state index in [-0.39, 0.29) is 22.4 Å². The Labute approximate surface area is 197 Å². The van der Waals surface area contributed by atoms with Gasteiger partial charge in [-0.1, -0.05) is 48.0 Å². The summed E-state index contributed by atoms with van der Waals surface area (Å²) in [5, 5.41) is 0.0694. The van der Waals surface area contributed by atoms with Crippen molar-refractivity contribution in [1.29, 1.82) is 0 Å². The maximum absolute atomic E-state index is 11.5. The van der Waals surface area contributed by atoms with E-state index < -0.39 is 5.91 Å². The molecule has 0 unspecified atom stereocenters. The molecule has 0 saturated heterocycles. The van der Waals surface area contributed by atoms with Crippen molar-refractivity contribution in [1.82, 2.24) is 9.97 Å². The Morgan fingerprint density at radius 1 is 0.970 bits per heavy atom. The van der Waals surface area contributed by atoms with Crippen LogP contribution in [0.2, 0.25) is 5.15 Å². The fourth-order valence-corrected chi connectivity index (χ4v) is 3.36. The molecule has 0 aliphatic rings. The minimum absolute atomic E-state index is 0.0694. The van der Waals surface area contributed by atoms with Crippen molar-refractivity contribution in [3.05, 3.63) is 76.8 Å². The SMILES string of the molecule is NCCOc1ccc(-c2ccc(CCCCN=C(N)c3ncc(Cl)nc3C(N)=O)cc2)cc1. The molecule has 1 amide bonds. The Morgan fingerprint density at radius 2 is 1.64 bits per heavy atom. The number of aliphatic imine (C=N–C) groups is 1. The second-order valence-corrected chi connectivity index (χ2v) is 7.72. The average Bonchev–Trinajstić information content (AvgIpc) is 2.83.